The molecular formula is C23H27N3O5. The molecule has 31 heavy (non-hydrogen) atoms. The first-order valence-electron chi connectivity index (χ1n) is 10.7. The standard InChI is InChI=1S/C23H27N3O5/c1-30-19-7-6-16(10-20(19)31-17-4-2-3-5-17)23(14-24)9-8-18-15(12-23)13-25-26(18)21(27)11-22(28)29/h6-7,10,17,25H,2-5,8-9,11-13H2,1H3,(H,28,29). The molecule has 4 rings (SSSR count). The molecule has 0 radical (unpaired) electrons. The summed E-state index contributed by atoms with van der Waals surface area (Å²) in [6.07, 6.45) is 5.53. The van der Waals surface area contributed by atoms with Crippen LogP contribution in [0.2, 0.25) is 0 Å². The predicted octanol–water partition coefficient (Wildman–Crippen LogP) is 3.04. The summed E-state index contributed by atoms with van der Waals surface area (Å²) in [6.45, 7) is 0.436. The molecular weight excluding hydrogens is 398 g/mol. The Morgan fingerprint density at radius 3 is 2.77 bits per heavy atom. The van der Waals surface area contributed by atoms with Gasteiger partial charge in [0.2, 0.25) is 0 Å². The minimum atomic E-state index is -1.16. The average molecular weight is 425 g/mol. The molecule has 1 unspecified atom stereocenters. The zero-order chi connectivity index (χ0) is 22.0. The normalized spacial score (nSPS) is 23.4. The third-order valence-corrected chi connectivity index (χ3v) is 6.51. The van der Waals surface area contributed by atoms with Crippen LogP contribution in [0, 0.1) is 11.3 Å². The second-order valence-electron chi connectivity index (χ2n) is 8.45. The van der Waals surface area contributed by atoms with Gasteiger partial charge in [-0.3, -0.25) is 9.59 Å². The number of methoxy groups -OCH3 is 1. The van der Waals surface area contributed by atoms with E-state index < -0.39 is 23.7 Å². The maximum atomic E-state index is 12.2. The van der Waals surface area contributed by atoms with Gasteiger partial charge in [0, 0.05) is 12.2 Å². The molecule has 1 heterocycles. The van der Waals surface area contributed by atoms with E-state index in [1.54, 1.807) is 7.11 Å². The molecule has 2 aliphatic carbocycles. The van der Waals surface area contributed by atoms with Gasteiger partial charge < -0.3 is 14.6 Å². The number of aliphatic carboxylic acids is 1. The number of hydrogen-bond donors (Lipinski definition) is 2. The van der Waals surface area contributed by atoms with Crippen LogP contribution < -0.4 is 14.9 Å². The highest BCUT2D eigenvalue weighted by Crippen LogP contribution is 2.46. The van der Waals surface area contributed by atoms with Crippen molar-refractivity contribution in [3.63, 3.8) is 0 Å². The Hall–Kier alpha value is -3.05. The topological polar surface area (TPSA) is 112 Å². The molecule has 2 N–H and O–H groups in total. The quantitative estimate of drug-likeness (QED) is 0.674. The molecule has 1 saturated carbocycles. The van der Waals surface area contributed by atoms with Gasteiger partial charge >= 0.3 is 5.97 Å². The van der Waals surface area contributed by atoms with Crippen LogP contribution in [0.3, 0.4) is 0 Å². The average Bonchev–Trinajstić information content (AvgIpc) is 3.42. The lowest BCUT2D eigenvalue weighted by Gasteiger charge is -2.33. The first-order chi connectivity index (χ1) is 15.0. The minimum Gasteiger partial charge on any atom is -0.493 e. The third-order valence-electron chi connectivity index (χ3n) is 6.51. The molecule has 8 nitrogen and oxygen atoms in total. The number of amides is 1. The van der Waals surface area contributed by atoms with E-state index in [-0.39, 0.29) is 6.10 Å². The number of allylic oxidation sites excluding steroid dienone is 1. The molecule has 1 aromatic rings. The number of carboxylic acids is 1. The van der Waals surface area contributed by atoms with Gasteiger partial charge in [-0.2, -0.15) is 5.26 Å². The van der Waals surface area contributed by atoms with Gasteiger partial charge in [0.15, 0.2) is 11.5 Å². The SMILES string of the molecule is COc1ccc(C2(C#N)CCC3=C(CNN3C(=O)CC(=O)O)C2)cc1OC1CCCC1. The van der Waals surface area contributed by atoms with E-state index in [9.17, 15) is 14.9 Å². The summed E-state index contributed by atoms with van der Waals surface area (Å²) in [6, 6.07) is 8.24. The Kier molecular flexibility index (Phi) is 5.88. The fourth-order valence-corrected chi connectivity index (χ4v) is 4.87. The summed E-state index contributed by atoms with van der Waals surface area (Å²) in [5, 5.41) is 20.5. The Labute approximate surface area is 181 Å². The van der Waals surface area contributed by atoms with E-state index in [0.29, 0.717) is 37.3 Å². The third kappa shape index (κ3) is 4.10. The molecule has 8 heteroatoms. The van der Waals surface area contributed by atoms with Gasteiger partial charge in [0.05, 0.1) is 24.7 Å². The van der Waals surface area contributed by atoms with Crippen molar-refractivity contribution in [1.29, 1.82) is 5.26 Å². The molecule has 1 atom stereocenters. The van der Waals surface area contributed by atoms with E-state index in [4.69, 9.17) is 14.6 Å². The van der Waals surface area contributed by atoms with Gasteiger partial charge in [0.25, 0.3) is 5.91 Å². The van der Waals surface area contributed by atoms with E-state index >= 15 is 0 Å². The van der Waals surface area contributed by atoms with Crippen molar-refractivity contribution >= 4 is 11.9 Å². The molecule has 3 aliphatic rings. The van der Waals surface area contributed by atoms with Crippen LogP contribution in [0.5, 0.6) is 11.5 Å². The van der Waals surface area contributed by atoms with Gasteiger partial charge in [-0.1, -0.05) is 6.07 Å². The highest BCUT2D eigenvalue weighted by atomic mass is 16.5. The van der Waals surface area contributed by atoms with E-state index in [1.165, 1.54) is 5.01 Å². The molecule has 0 spiro atoms. The number of ether oxygens (including phenoxy) is 2. The van der Waals surface area contributed by atoms with Crippen molar-refractivity contribution in [3.8, 4) is 17.6 Å². The summed E-state index contributed by atoms with van der Waals surface area (Å²) in [4.78, 5) is 23.2. The number of nitrogens with one attached hydrogen (secondary N) is 1. The van der Waals surface area contributed by atoms with Crippen molar-refractivity contribution in [3.05, 3.63) is 35.0 Å². The summed E-state index contributed by atoms with van der Waals surface area (Å²) in [5.41, 5.74) is 4.91. The summed E-state index contributed by atoms with van der Waals surface area (Å²) < 4.78 is 11.7. The number of hydrazine groups is 1. The molecule has 0 bridgehead atoms. The first-order valence-corrected chi connectivity index (χ1v) is 10.7. The Morgan fingerprint density at radius 2 is 2.10 bits per heavy atom. The van der Waals surface area contributed by atoms with Crippen molar-refractivity contribution < 1.29 is 24.2 Å². The lowest BCUT2D eigenvalue weighted by atomic mass is 9.69. The maximum absolute atomic E-state index is 12.2. The van der Waals surface area contributed by atoms with Crippen LogP contribution in [0.1, 0.15) is 56.9 Å². The highest BCUT2D eigenvalue weighted by Gasteiger charge is 2.42. The van der Waals surface area contributed by atoms with Crippen LogP contribution in [-0.2, 0) is 15.0 Å². The molecule has 1 amide bonds. The summed E-state index contributed by atoms with van der Waals surface area (Å²) in [5.74, 6) is -0.314. The van der Waals surface area contributed by atoms with Gasteiger partial charge in [-0.15, -0.1) is 0 Å². The molecule has 1 aliphatic heterocycles. The number of carbonyl (C=O) groups is 2. The monoisotopic (exact) mass is 425 g/mol. The van der Waals surface area contributed by atoms with E-state index in [0.717, 1.165) is 42.5 Å². The van der Waals surface area contributed by atoms with E-state index in [1.807, 2.05) is 18.2 Å². The zero-order valence-corrected chi connectivity index (χ0v) is 17.6. The minimum absolute atomic E-state index is 0.177. The number of hydrogen-bond acceptors (Lipinski definition) is 6. The lowest BCUT2D eigenvalue weighted by molar-refractivity contribution is -0.144. The predicted molar refractivity (Wildman–Crippen MR) is 111 cm³/mol. The molecule has 1 aromatic carbocycles. The fourth-order valence-electron chi connectivity index (χ4n) is 4.87. The Bertz CT molecular complexity index is 960. The number of carboxylic acid groups (broad SMARTS) is 1. The van der Waals surface area contributed by atoms with Crippen molar-refractivity contribution in [2.24, 2.45) is 0 Å². The van der Waals surface area contributed by atoms with Gasteiger partial charge in [-0.25, -0.2) is 10.4 Å². The van der Waals surface area contributed by atoms with Crippen molar-refractivity contribution in [1.82, 2.24) is 10.4 Å². The summed E-state index contributed by atoms with van der Waals surface area (Å²) in [7, 11) is 1.61. The van der Waals surface area contributed by atoms with Crippen LogP contribution in [0.4, 0.5) is 0 Å². The smallest absolute Gasteiger partial charge is 0.312 e. The number of nitrogens with zero attached hydrogens (tertiary/aromatic N) is 2. The van der Waals surface area contributed by atoms with Crippen LogP contribution in [0.25, 0.3) is 0 Å². The highest BCUT2D eigenvalue weighted by molar-refractivity contribution is 5.94. The van der Waals surface area contributed by atoms with Crippen molar-refractivity contribution in [2.75, 3.05) is 13.7 Å². The molecule has 0 aromatic heterocycles. The zero-order valence-electron chi connectivity index (χ0n) is 17.6. The second-order valence-corrected chi connectivity index (χ2v) is 8.45. The second kappa shape index (κ2) is 8.60. The number of nitriles is 1. The van der Waals surface area contributed by atoms with Crippen LogP contribution in [0.15, 0.2) is 29.5 Å². The van der Waals surface area contributed by atoms with E-state index in [2.05, 4.69) is 11.5 Å². The first kappa shape index (κ1) is 21.2. The maximum Gasteiger partial charge on any atom is 0.312 e. The summed E-state index contributed by atoms with van der Waals surface area (Å²) >= 11 is 0. The Morgan fingerprint density at radius 1 is 1.32 bits per heavy atom. The molecule has 164 valence electrons. The molecule has 1 fully saturated rings. The number of benzene rings is 1. The lowest BCUT2D eigenvalue weighted by Crippen LogP contribution is -2.39. The largest absolute Gasteiger partial charge is 0.493 e. The number of rotatable bonds is 6. The van der Waals surface area contributed by atoms with Gasteiger partial charge in [-0.05, 0) is 68.2 Å². The molecule has 0 saturated heterocycles. The Balaban J connectivity index is 1.60. The van der Waals surface area contributed by atoms with Crippen LogP contribution >= 0.6 is 0 Å². The van der Waals surface area contributed by atoms with Gasteiger partial charge in [0.1, 0.15) is 6.42 Å². The fraction of sp³-hybridized carbons (Fsp3) is 0.522. The number of carbonyl (C=O) groups excluding carboxylic acids is 1. The van der Waals surface area contributed by atoms with Crippen LogP contribution in [-0.4, -0.2) is 41.8 Å². The van der Waals surface area contributed by atoms with Crippen molar-refractivity contribution in [2.45, 2.75) is 62.9 Å².